The number of nitrogens with one attached hydrogen (secondary N) is 1. The molecule has 2 aliphatic rings. The Morgan fingerprint density at radius 2 is 2.03 bits per heavy atom. The highest BCUT2D eigenvalue weighted by molar-refractivity contribution is 8.00. The van der Waals surface area contributed by atoms with Crippen molar-refractivity contribution in [2.24, 2.45) is 11.5 Å². The first-order valence-corrected chi connectivity index (χ1v) is 9.77. The third-order valence-electron chi connectivity index (χ3n) is 4.58. The molecule has 0 radical (unpaired) electrons. The summed E-state index contributed by atoms with van der Waals surface area (Å²) in [5.74, 6) is -3.87. The predicted octanol–water partition coefficient (Wildman–Crippen LogP) is -1.62. The minimum atomic E-state index is -1.77. The van der Waals surface area contributed by atoms with E-state index in [1.54, 1.807) is 0 Å². The van der Waals surface area contributed by atoms with Crippen LogP contribution in [0, 0.1) is 0 Å². The van der Waals surface area contributed by atoms with Crippen molar-refractivity contribution in [1.82, 2.24) is 10.2 Å². The lowest BCUT2D eigenvalue weighted by atomic mass is 9.97. The fourth-order valence-corrected chi connectivity index (χ4v) is 4.51. The van der Waals surface area contributed by atoms with Gasteiger partial charge in [0.25, 0.3) is 11.6 Å². The summed E-state index contributed by atoms with van der Waals surface area (Å²) >= 11 is 1.12. The zero-order valence-corrected chi connectivity index (χ0v) is 16.8. The van der Waals surface area contributed by atoms with Crippen molar-refractivity contribution in [2.75, 3.05) is 19.5 Å². The number of nitrogens with two attached hydrogens (primary N) is 2. The Morgan fingerprint density at radius 3 is 2.57 bits per heavy atom. The van der Waals surface area contributed by atoms with Crippen molar-refractivity contribution in [3.05, 3.63) is 11.3 Å². The number of ether oxygens (including phenoxy) is 2. The molecule has 3 atom stereocenters. The number of fused-ring (bicyclic) bond motifs is 1. The van der Waals surface area contributed by atoms with Gasteiger partial charge in [-0.2, -0.15) is 0 Å². The van der Waals surface area contributed by atoms with Gasteiger partial charge >= 0.3 is 18.0 Å². The summed E-state index contributed by atoms with van der Waals surface area (Å²) < 4.78 is 9.91. The molecule has 2 aliphatic heterocycles. The van der Waals surface area contributed by atoms with E-state index in [1.807, 2.05) is 0 Å². The fraction of sp³-hybridized carbons (Fsp3) is 0.562. The van der Waals surface area contributed by atoms with Crippen molar-refractivity contribution >= 4 is 41.6 Å². The number of carbonyl (C=O) groups is 5. The third kappa shape index (κ3) is 4.49. The van der Waals surface area contributed by atoms with Gasteiger partial charge in [0, 0.05) is 24.9 Å². The molecule has 0 spiro atoms. The van der Waals surface area contributed by atoms with Gasteiger partial charge in [-0.15, -0.1) is 11.8 Å². The molecule has 2 rings (SSSR count). The molecule has 14 heteroatoms. The summed E-state index contributed by atoms with van der Waals surface area (Å²) in [4.78, 5) is 59.3. The molecule has 0 bridgehead atoms. The molecular weight excluding hydrogens is 424 g/mol. The average molecular weight is 446 g/mol. The first kappa shape index (κ1) is 23.4. The predicted molar refractivity (Wildman–Crippen MR) is 101 cm³/mol. The number of amides is 3. The largest absolute Gasteiger partial charge is 0.480 e. The van der Waals surface area contributed by atoms with E-state index in [0.717, 1.165) is 16.7 Å². The zero-order valence-electron chi connectivity index (χ0n) is 16.0. The van der Waals surface area contributed by atoms with E-state index in [9.17, 15) is 29.1 Å². The number of carbonyl (C=O) groups excluding carboxylic acids is 3. The Labute approximate surface area is 174 Å². The van der Waals surface area contributed by atoms with E-state index in [0.29, 0.717) is 0 Å². The highest BCUT2D eigenvalue weighted by Gasteiger charge is 2.66. The first-order chi connectivity index (χ1) is 14.0. The Bertz CT molecular complexity index is 802. The minimum Gasteiger partial charge on any atom is -0.480 e. The van der Waals surface area contributed by atoms with Gasteiger partial charge in [0.2, 0.25) is 5.91 Å². The summed E-state index contributed by atoms with van der Waals surface area (Å²) in [6, 6.07) is -1.10. The van der Waals surface area contributed by atoms with E-state index in [-0.39, 0.29) is 36.3 Å². The monoisotopic (exact) mass is 446 g/mol. The molecule has 0 aromatic rings. The standard InChI is InChI=1S/C16H22N4O9S/c1-28-16(19-9(21)4-2-3-8(17)11(22)23)13(26)20-10(12(24)25)7(5-29-15(18)27)6-30-14(16)20/h8,14H,2-6,17H2,1H3,(H2,18,27)(H,19,21)(H,22,23)(H,24,25)/t8?,14-,16+/m1/s1. The van der Waals surface area contributed by atoms with Crippen molar-refractivity contribution in [3.63, 3.8) is 0 Å². The van der Waals surface area contributed by atoms with E-state index in [1.165, 1.54) is 7.11 Å². The Kier molecular flexibility index (Phi) is 7.28. The number of rotatable bonds is 10. The van der Waals surface area contributed by atoms with Gasteiger partial charge in [0.05, 0.1) is 0 Å². The zero-order chi connectivity index (χ0) is 22.6. The Balaban J connectivity index is 2.11. The SMILES string of the molecule is CO[C@@]1(NC(=O)CCCC(N)C(=O)O)C(=O)N2C(C(=O)O)=C(COC(N)=O)CS[C@@H]21. The number of primary amides is 1. The van der Waals surface area contributed by atoms with Crippen LogP contribution in [-0.2, 0) is 28.7 Å². The summed E-state index contributed by atoms with van der Waals surface area (Å²) in [6.45, 7) is -0.392. The molecule has 1 saturated heterocycles. The summed E-state index contributed by atoms with van der Waals surface area (Å²) in [6.07, 6.45) is -0.953. The smallest absolute Gasteiger partial charge is 0.404 e. The molecular formula is C16H22N4O9S. The number of nitrogens with zero attached hydrogens (tertiary/aromatic N) is 1. The maximum atomic E-state index is 12.8. The van der Waals surface area contributed by atoms with Crippen LogP contribution in [0.2, 0.25) is 0 Å². The number of carboxylic acids is 2. The number of methoxy groups -OCH3 is 1. The number of hydrogen-bond donors (Lipinski definition) is 5. The van der Waals surface area contributed by atoms with Gasteiger partial charge in [0.15, 0.2) is 0 Å². The first-order valence-electron chi connectivity index (χ1n) is 8.72. The molecule has 7 N–H and O–H groups in total. The second-order valence-corrected chi connectivity index (χ2v) is 7.60. The molecule has 0 saturated carbocycles. The lowest BCUT2D eigenvalue weighted by molar-refractivity contribution is -0.192. The number of aliphatic carboxylic acids is 2. The van der Waals surface area contributed by atoms with Crippen LogP contribution in [0.5, 0.6) is 0 Å². The lowest BCUT2D eigenvalue weighted by Gasteiger charge is -2.55. The molecule has 1 fully saturated rings. The molecule has 0 aromatic heterocycles. The van der Waals surface area contributed by atoms with Gasteiger partial charge in [-0.05, 0) is 12.8 Å². The van der Waals surface area contributed by atoms with Crippen LogP contribution >= 0.6 is 11.8 Å². The average Bonchev–Trinajstić information content (AvgIpc) is 2.68. The van der Waals surface area contributed by atoms with Crippen molar-refractivity contribution in [2.45, 2.75) is 36.4 Å². The molecule has 30 heavy (non-hydrogen) atoms. The Morgan fingerprint density at radius 1 is 1.37 bits per heavy atom. The van der Waals surface area contributed by atoms with Crippen LogP contribution in [0.1, 0.15) is 19.3 Å². The van der Waals surface area contributed by atoms with Crippen LogP contribution in [0.15, 0.2) is 11.3 Å². The minimum absolute atomic E-state index is 0.0656. The van der Waals surface area contributed by atoms with Crippen LogP contribution in [0.25, 0.3) is 0 Å². The second kappa shape index (κ2) is 9.32. The van der Waals surface area contributed by atoms with Gasteiger partial charge in [-0.1, -0.05) is 0 Å². The van der Waals surface area contributed by atoms with Crippen molar-refractivity contribution in [3.8, 4) is 0 Å². The molecule has 166 valence electrons. The lowest BCUT2D eigenvalue weighted by Crippen LogP contribution is -2.80. The van der Waals surface area contributed by atoms with Crippen LogP contribution in [0.4, 0.5) is 4.79 Å². The van der Waals surface area contributed by atoms with E-state index in [4.69, 9.17) is 21.3 Å². The van der Waals surface area contributed by atoms with Gasteiger partial charge in [-0.25, -0.2) is 9.59 Å². The van der Waals surface area contributed by atoms with E-state index in [2.05, 4.69) is 10.1 Å². The number of hydrogen-bond acceptors (Lipinski definition) is 9. The van der Waals surface area contributed by atoms with Gasteiger partial charge in [0.1, 0.15) is 23.7 Å². The van der Waals surface area contributed by atoms with Gasteiger partial charge in [-0.3, -0.25) is 19.3 Å². The molecule has 13 nitrogen and oxygen atoms in total. The molecule has 0 aliphatic carbocycles. The quantitative estimate of drug-likeness (QED) is 0.190. The third-order valence-corrected chi connectivity index (χ3v) is 5.96. The summed E-state index contributed by atoms with van der Waals surface area (Å²) in [5.41, 5.74) is 8.33. The Hall–Kier alpha value is -2.84. The molecule has 0 aromatic carbocycles. The summed E-state index contributed by atoms with van der Waals surface area (Å²) in [7, 11) is 1.20. The molecule has 1 unspecified atom stereocenters. The highest BCUT2D eigenvalue weighted by atomic mass is 32.2. The summed E-state index contributed by atoms with van der Waals surface area (Å²) in [5, 5.41) is 19.9. The van der Waals surface area contributed by atoms with E-state index < -0.39 is 53.6 Å². The maximum Gasteiger partial charge on any atom is 0.404 e. The topological polar surface area (TPSA) is 212 Å². The normalized spacial score (nSPS) is 23.9. The van der Waals surface area contributed by atoms with Crippen molar-refractivity contribution in [1.29, 1.82) is 0 Å². The van der Waals surface area contributed by atoms with Gasteiger partial charge < -0.3 is 36.5 Å². The number of β-lactam (4-membered cyclic amide) rings is 1. The molecule has 2 heterocycles. The highest BCUT2D eigenvalue weighted by Crippen LogP contribution is 2.46. The maximum absolute atomic E-state index is 12.8. The molecule has 3 amide bonds. The van der Waals surface area contributed by atoms with Crippen LogP contribution in [-0.4, -0.2) is 81.6 Å². The van der Waals surface area contributed by atoms with Crippen molar-refractivity contribution < 1.29 is 43.7 Å². The number of carboxylic acid groups (broad SMARTS) is 2. The van der Waals surface area contributed by atoms with E-state index >= 15 is 0 Å². The van der Waals surface area contributed by atoms with Crippen LogP contribution in [0.3, 0.4) is 0 Å². The number of thioether (sulfide) groups is 1. The van der Waals surface area contributed by atoms with Crippen LogP contribution < -0.4 is 16.8 Å². The fourth-order valence-electron chi connectivity index (χ4n) is 3.09. The second-order valence-electron chi connectivity index (χ2n) is 6.53.